The number of non-ortho nitro benzene ring substituents is 1. The molecule has 1 rings (SSSR count). The molecule has 0 radical (unpaired) electrons. The fourth-order valence-corrected chi connectivity index (χ4v) is 2.68. The lowest BCUT2D eigenvalue weighted by Gasteiger charge is -2.14. The van der Waals surface area contributed by atoms with E-state index in [-0.39, 0.29) is 17.5 Å². The fourth-order valence-electron chi connectivity index (χ4n) is 1.70. The highest BCUT2D eigenvalue weighted by Gasteiger charge is 2.11. The van der Waals surface area contributed by atoms with Gasteiger partial charge in [0.05, 0.1) is 10.7 Å². The van der Waals surface area contributed by atoms with E-state index in [0.29, 0.717) is 13.1 Å². The van der Waals surface area contributed by atoms with E-state index in [1.54, 1.807) is 19.1 Å². The second-order valence-electron chi connectivity index (χ2n) is 4.34. The van der Waals surface area contributed by atoms with Crippen molar-refractivity contribution in [3.8, 4) is 0 Å². The van der Waals surface area contributed by atoms with E-state index >= 15 is 0 Å². The van der Waals surface area contributed by atoms with Crippen LogP contribution in [-0.4, -0.2) is 32.2 Å². The number of nitrogens with zero attached hydrogens (tertiary/aromatic N) is 1. The standard InChI is InChI=1S/C12H19N3O4S/c1-3-14-20(18,19)9-8-13-10(2)11-4-6-12(7-5-11)15(16)17/h4-7,10,13-14H,3,8-9H2,1-2H3. The van der Waals surface area contributed by atoms with E-state index in [4.69, 9.17) is 0 Å². The summed E-state index contributed by atoms with van der Waals surface area (Å²) in [6.45, 7) is 4.29. The van der Waals surface area contributed by atoms with Gasteiger partial charge in [-0.3, -0.25) is 10.1 Å². The molecule has 2 N–H and O–H groups in total. The number of nitrogens with one attached hydrogen (secondary N) is 2. The van der Waals surface area contributed by atoms with Crippen LogP contribution in [0.1, 0.15) is 25.5 Å². The maximum absolute atomic E-state index is 11.4. The average Bonchev–Trinajstić information content (AvgIpc) is 2.38. The van der Waals surface area contributed by atoms with Gasteiger partial charge >= 0.3 is 0 Å². The zero-order valence-corrected chi connectivity index (χ0v) is 12.3. The van der Waals surface area contributed by atoms with Gasteiger partial charge in [-0.25, -0.2) is 13.1 Å². The van der Waals surface area contributed by atoms with Crippen LogP contribution in [0.3, 0.4) is 0 Å². The molecule has 0 saturated heterocycles. The Labute approximate surface area is 118 Å². The topological polar surface area (TPSA) is 101 Å². The third kappa shape index (κ3) is 5.24. The summed E-state index contributed by atoms with van der Waals surface area (Å²) in [5.41, 5.74) is 0.909. The Morgan fingerprint density at radius 1 is 1.30 bits per heavy atom. The molecule has 1 unspecified atom stereocenters. The normalized spacial score (nSPS) is 13.1. The third-order valence-electron chi connectivity index (χ3n) is 2.79. The number of sulfonamides is 1. The number of benzene rings is 1. The summed E-state index contributed by atoms with van der Waals surface area (Å²) in [5.74, 6) is -0.00182. The van der Waals surface area contributed by atoms with Crippen LogP contribution in [0.25, 0.3) is 0 Å². The number of nitro benzene ring substituents is 1. The van der Waals surface area contributed by atoms with Gasteiger partial charge in [-0.2, -0.15) is 0 Å². The summed E-state index contributed by atoms with van der Waals surface area (Å²) in [5, 5.41) is 13.6. The van der Waals surface area contributed by atoms with Crippen LogP contribution in [0.15, 0.2) is 24.3 Å². The number of hydrogen-bond acceptors (Lipinski definition) is 5. The van der Waals surface area contributed by atoms with Crippen molar-refractivity contribution in [3.05, 3.63) is 39.9 Å². The number of nitro groups is 1. The van der Waals surface area contributed by atoms with Gasteiger partial charge in [-0.1, -0.05) is 19.1 Å². The van der Waals surface area contributed by atoms with Crippen molar-refractivity contribution in [2.75, 3.05) is 18.8 Å². The molecule has 8 heteroatoms. The zero-order valence-electron chi connectivity index (χ0n) is 11.5. The van der Waals surface area contributed by atoms with Crippen molar-refractivity contribution in [2.45, 2.75) is 19.9 Å². The highest BCUT2D eigenvalue weighted by atomic mass is 32.2. The largest absolute Gasteiger partial charge is 0.309 e. The Morgan fingerprint density at radius 3 is 2.40 bits per heavy atom. The second kappa shape index (κ2) is 7.32. The van der Waals surface area contributed by atoms with Gasteiger partial charge in [0, 0.05) is 31.3 Å². The van der Waals surface area contributed by atoms with E-state index in [2.05, 4.69) is 10.0 Å². The van der Waals surface area contributed by atoms with Crippen molar-refractivity contribution < 1.29 is 13.3 Å². The van der Waals surface area contributed by atoms with E-state index < -0.39 is 14.9 Å². The molecule has 112 valence electrons. The first-order chi connectivity index (χ1) is 9.35. The molecular weight excluding hydrogens is 282 g/mol. The smallest absolute Gasteiger partial charge is 0.269 e. The van der Waals surface area contributed by atoms with E-state index in [1.165, 1.54) is 12.1 Å². The van der Waals surface area contributed by atoms with Crippen LogP contribution in [0.2, 0.25) is 0 Å². The third-order valence-corrected chi connectivity index (χ3v) is 4.26. The fraction of sp³-hybridized carbons (Fsp3) is 0.500. The van der Waals surface area contributed by atoms with Gasteiger partial charge in [0.25, 0.3) is 5.69 Å². The minimum absolute atomic E-state index is 0.00182. The quantitative estimate of drug-likeness (QED) is 0.554. The molecule has 0 aliphatic heterocycles. The molecule has 0 spiro atoms. The van der Waals surface area contributed by atoms with Crippen LogP contribution in [-0.2, 0) is 10.0 Å². The molecule has 0 amide bonds. The molecule has 0 bridgehead atoms. The van der Waals surface area contributed by atoms with Gasteiger partial charge in [0.15, 0.2) is 0 Å². The summed E-state index contributed by atoms with van der Waals surface area (Å²) in [7, 11) is -3.23. The predicted octanol–water partition coefficient (Wildman–Crippen LogP) is 1.18. The molecule has 1 atom stereocenters. The van der Waals surface area contributed by atoms with Crippen molar-refractivity contribution >= 4 is 15.7 Å². The summed E-state index contributed by atoms with van der Waals surface area (Å²) in [4.78, 5) is 10.1. The Kier molecular flexibility index (Phi) is 6.05. The molecule has 0 aliphatic rings. The molecule has 7 nitrogen and oxygen atoms in total. The van der Waals surface area contributed by atoms with Crippen molar-refractivity contribution in [1.29, 1.82) is 0 Å². The van der Waals surface area contributed by atoms with Crippen LogP contribution >= 0.6 is 0 Å². The van der Waals surface area contributed by atoms with Gasteiger partial charge in [-0.05, 0) is 12.5 Å². The molecule has 20 heavy (non-hydrogen) atoms. The first-order valence-corrected chi connectivity index (χ1v) is 7.96. The lowest BCUT2D eigenvalue weighted by Crippen LogP contribution is -2.32. The summed E-state index contributed by atoms with van der Waals surface area (Å²) in [6, 6.07) is 6.11. The van der Waals surface area contributed by atoms with Crippen LogP contribution in [0, 0.1) is 10.1 Å². The van der Waals surface area contributed by atoms with Gasteiger partial charge in [0.2, 0.25) is 10.0 Å². The minimum Gasteiger partial charge on any atom is -0.309 e. The molecule has 0 fully saturated rings. The Morgan fingerprint density at radius 2 is 1.90 bits per heavy atom. The van der Waals surface area contributed by atoms with Crippen LogP contribution in [0.5, 0.6) is 0 Å². The predicted molar refractivity (Wildman–Crippen MR) is 77.0 cm³/mol. The van der Waals surface area contributed by atoms with E-state index in [1.807, 2.05) is 6.92 Å². The van der Waals surface area contributed by atoms with Crippen molar-refractivity contribution in [3.63, 3.8) is 0 Å². The Hall–Kier alpha value is -1.51. The number of hydrogen-bond donors (Lipinski definition) is 2. The molecule has 1 aromatic rings. The van der Waals surface area contributed by atoms with Gasteiger partial charge in [-0.15, -0.1) is 0 Å². The summed E-state index contributed by atoms with van der Waals surface area (Å²) >= 11 is 0. The monoisotopic (exact) mass is 301 g/mol. The van der Waals surface area contributed by atoms with Crippen LogP contribution < -0.4 is 10.0 Å². The molecular formula is C12H19N3O4S. The molecule has 0 aromatic heterocycles. The number of rotatable bonds is 8. The van der Waals surface area contributed by atoms with Crippen LogP contribution in [0.4, 0.5) is 5.69 Å². The SMILES string of the molecule is CCNS(=O)(=O)CCNC(C)c1ccc([N+](=O)[O-])cc1. The van der Waals surface area contributed by atoms with Gasteiger partial charge in [0.1, 0.15) is 0 Å². The van der Waals surface area contributed by atoms with Gasteiger partial charge < -0.3 is 5.32 Å². The first-order valence-electron chi connectivity index (χ1n) is 6.31. The van der Waals surface area contributed by atoms with Crippen molar-refractivity contribution in [2.24, 2.45) is 0 Å². The molecule has 0 aliphatic carbocycles. The lowest BCUT2D eigenvalue weighted by molar-refractivity contribution is -0.384. The first kappa shape index (κ1) is 16.5. The molecule has 0 heterocycles. The summed E-state index contributed by atoms with van der Waals surface area (Å²) < 4.78 is 25.3. The minimum atomic E-state index is -3.23. The zero-order chi connectivity index (χ0) is 15.2. The average molecular weight is 301 g/mol. The maximum atomic E-state index is 11.4. The van der Waals surface area contributed by atoms with E-state index in [0.717, 1.165) is 5.56 Å². The molecule has 0 saturated carbocycles. The highest BCUT2D eigenvalue weighted by Crippen LogP contribution is 2.17. The Bertz CT molecular complexity index is 542. The second-order valence-corrected chi connectivity index (χ2v) is 6.27. The Balaban J connectivity index is 2.51. The maximum Gasteiger partial charge on any atom is 0.269 e. The van der Waals surface area contributed by atoms with Crippen molar-refractivity contribution in [1.82, 2.24) is 10.0 Å². The summed E-state index contributed by atoms with van der Waals surface area (Å²) in [6.07, 6.45) is 0. The highest BCUT2D eigenvalue weighted by molar-refractivity contribution is 7.89. The molecule has 1 aromatic carbocycles. The lowest BCUT2D eigenvalue weighted by atomic mass is 10.1. The van der Waals surface area contributed by atoms with E-state index in [9.17, 15) is 18.5 Å².